The highest BCUT2D eigenvalue weighted by molar-refractivity contribution is 6.30. The zero-order valence-corrected chi connectivity index (χ0v) is 20.8. The van der Waals surface area contributed by atoms with Crippen molar-refractivity contribution in [2.24, 2.45) is 0 Å². The van der Waals surface area contributed by atoms with Crippen molar-refractivity contribution < 1.29 is 13.9 Å². The Kier molecular flexibility index (Phi) is 8.46. The molecule has 2 N–H and O–H groups in total. The van der Waals surface area contributed by atoms with Crippen LogP contribution in [0.15, 0.2) is 79.1 Å². The molecule has 0 saturated carbocycles. The van der Waals surface area contributed by atoms with Crippen molar-refractivity contribution in [3.63, 3.8) is 0 Å². The number of aromatic nitrogens is 2. The lowest BCUT2D eigenvalue weighted by Gasteiger charge is -2.23. The van der Waals surface area contributed by atoms with E-state index in [2.05, 4.69) is 27.2 Å². The predicted octanol–water partition coefficient (Wildman–Crippen LogP) is 6.17. The molecule has 0 radical (unpaired) electrons. The first kappa shape index (κ1) is 25.5. The molecular weight excluding hydrogens is 479 g/mol. The molecule has 2 aromatic carbocycles. The largest absolute Gasteiger partial charge is 0.381 e. The van der Waals surface area contributed by atoms with E-state index >= 15 is 0 Å². The number of carbonyl (C=O) groups is 1. The van der Waals surface area contributed by atoms with E-state index in [1.54, 1.807) is 30.5 Å². The highest BCUT2D eigenvalue weighted by Gasteiger charge is 2.20. The molecule has 1 atom stereocenters. The first-order chi connectivity index (χ1) is 17.5. The number of hydrogen-bond acceptors (Lipinski definition) is 5. The van der Waals surface area contributed by atoms with Crippen molar-refractivity contribution in [2.75, 3.05) is 18.5 Å². The van der Waals surface area contributed by atoms with Gasteiger partial charge in [0.15, 0.2) is 0 Å². The molecule has 1 saturated heterocycles. The van der Waals surface area contributed by atoms with Crippen LogP contribution < -0.4 is 10.6 Å². The average molecular weight is 507 g/mol. The number of allylic oxidation sites excluding steroid dienone is 3. The van der Waals surface area contributed by atoms with E-state index in [0.717, 1.165) is 18.2 Å². The summed E-state index contributed by atoms with van der Waals surface area (Å²) in [6.07, 6.45) is 10.7. The molecule has 1 aromatic heterocycles. The van der Waals surface area contributed by atoms with Crippen LogP contribution in [0.4, 0.5) is 10.3 Å². The highest BCUT2D eigenvalue weighted by Crippen LogP contribution is 2.27. The van der Waals surface area contributed by atoms with Crippen molar-refractivity contribution in [3.05, 3.63) is 101 Å². The number of carbonyl (C=O) groups excluding carboxylic acids is 1. The molecule has 186 valence electrons. The molecule has 6 nitrogen and oxygen atoms in total. The van der Waals surface area contributed by atoms with Crippen LogP contribution in [0.25, 0.3) is 10.9 Å². The Hall–Kier alpha value is -3.55. The third kappa shape index (κ3) is 6.17. The Labute approximate surface area is 214 Å². The van der Waals surface area contributed by atoms with Gasteiger partial charge in [-0.25, -0.2) is 14.4 Å². The lowest BCUT2D eigenvalue weighted by atomic mass is 9.97. The van der Waals surface area contributed by atoms with Crippen LogP contribution in [0, 0.1) is 5.82 Å². The number of benzene rings is 2. The van der Waals surface area contributed by atoms with E-state index in [4.69, 9.17) is 16.3 Å². The molecule has 0 aliphatic carbocycles. The van der Waals surface area contributed by atoms with Gasteiger partial charge >= 0.3 is 0 Å². The standard InChI is InChI=1S/C28H28ClFN4O2/c1-3-5-6-18(4-2)26(19-9-10-23(29)24(30)15-19)34-27(35)20-7-8-21-17-31-28(33-25(21)16-20)32-22-11-13-36-14-12-22/h3-10,15-17,22,26H,2,11-14H2,1H3,(H,34,35)(H,31,32,33)/b5-3-,18-6+/t26-/m0/s1. The second-order valence-corrected chi connectivity index (χ2v) is 8.88. The lowest BCUT2D eigenvalue weighted by molar-refractivity contribution is 0.0903. The number of anilines is 1. The fraction of sp³-hybridized carbons (Fsp3) is 0.250. The van der Waals surface area contributed by atoms with Crippen molar-refractivity contribution in [1.29, 1.82) is 0 Å². The summed E-state index contributed by atoms with van der Waals surface area (Å²) in [5, 5.41) is 7.19. The highest BCUT2D eigenvalue weighted by atomic mass is 35.5. The van der Waals surface area contributed by atoms with Gasteiger partial charge in [0.1, 0.15) is 5.82 Å². The Morgan fingerprint density at radius 3 is 2.78 bits per heavy atom. The van der Waals surface area contributed by atoms with Crippen LogP contribution >= 0.6 is 11.6 Å². The number of amides is 1. The molecule has 3 aromatic rings. The lowest BCUT2D eigenvalue weighted by Crippen LogP contribution is -2.29. The number of hydrogen-bond donors (Lipinski definition) is 2. The molecule has 0 bridgehead atoms. The molecule has 0 spiro atoms. The zero-order valence-electron chi connectivity index (χ0n) is 20.0. The normalized spacial score (nSPS) is 15.7. The van der Waals surface area contributed by atoms with E-state index in [9.17, 15) is 9.18 Å². The topological polar surface area (TPSA) is 76.1 Å². The Balaban J connectivity index is 1.61. The number of rotatable bonds is 8. The van der Waals surface area contributed by atoms with Crippen LogP contribution in [0.3, 0.4) is 0 Å². The third-order valence-corrected chi connectivity index (χ3v) is 6.31. The van der Waals surface area contributed by atoms with Gasteiger partial charge in [0, 0.05) is 36.4 Å². The Bertz CT molecular complexity index is 1320. The maximum absolute atomic E-state index is 14.3. The summed E-state index contributed by atoms with van der Waals surface area (Å²) in [5.41, 5.74) is 2.32. The van der Waals surface area contributed by atoms with Crippen molar-refractivity contribution in [2.45, 2.75) is 31.8 Å². The molecule has 1 aliphatic rings. The summed E-state index contributed by atoms with van der Waals surface area (Å²) < 4.78 is 19.7. The summed E-state index contributed by atoms with van der Waals surface area (Å²) in [7, 11) is 0. The molecular formula is C28H28ClFN4O2. The monoisotopic (exact) mass is 506 g/mol. The second-order valence-electron chi connectivity index (χ2n) is 8.47. The number of fused-ring (bicyclic) bond motifs is 1. The molecule has 4 rings (SSSR count). The first-order valence-electron chi connectivity index (χ1n) is 11.8. The smallest absolute Gasteiger partial charge is 0.252 e. The summed E-state index contributed by atoms with van der Waals surface area (Å²) in [4.78, 5) is 22.4. The van der Waals surface area contributed by atoms with Crippen molar-refractivity contribution in [1.82, 2.24) is 15.3 Å². The summed E-state index contributed by atoms with van der Waals surface area (Å²) in [6.45, 7) is 7.18. The minimum absolute atomic E-state index is 0.0146. The first-order valence-corrected chi connectivity index (χ1v) is 12.2. The summed E-state index contributed by atoms with van der Waals surface area (Å²) >= 11 is 5.88. The fourth-order valence-corrected chi connectivity index (χ4v) is 4.13. The van der Waals surface area contributed by atoms with Gasteiger partial charge in [0.2, 0.25) is 5.95 Å². The molecule has 0 unspecified atom stereocenters. The molecule has 1 amide bonds. The van der Waals surface area contributed by atoms with Crippen LogP contribution in [-0.2, 0) is 4.74 Å². The quantitative estimate of drug-likeness (QED) is 0.357. The van der Waals surface area contributed by atoms with Crippen LogP contribution in [0.1, 0.15) is 41.7 Å². The maximum atomic E-state index is 14.3. The minimum Gasteiger partial charge on any atom is -0.381 e. The average Bonchev–Trinajstić information content (AvgIpc) is 2.90. The SMILES string of the molecule is C=C/C(=C\C=C/C)[C@H](NC(=O)c1ccc2cnc(NC3CCOCC3)nc2c1)c1ccc(Cl)c(F)c1. The molecule has 8 heteroatoms. The van der Waals surface area contributed by atoms with Crippen LogP contribution in [0.5, 0.6) is 0 Å². The van der Waals surface area contributed by atoms with Gasteiger partial charge in [0.05, 0.1) is 16.6 Å². The van der Waals surface area contributed by atoms with Gasteiger partial charge < -0.3 is 15.4 Å². The molecule has 1 aliphatic heterocycles. The maximum Gasteiger partial charge on any atom is 0.252 e. The Morgan fingerprint density at radius 1 is 1.25 bits per heavy atom. The third-order valence-electron chi connectivity index (χ3n) is 6.00. The van der Waals surface area contributed by atoms with Gasteiger partial charge in [-0.1, -0.05) is 54.6 Å². The predicted molar refractivity (Wildman–Crippen MR) is 142 cm³/mol. The number of halogens is 2. The van der Waals surface area contributed by atoms with Gasteiger partial charge in [-0.05, 0) is 55.2 Å². The number of nitrogens with one attached hydrogen (secondary N) is 2. The van der Waals surface area contributed by atoms with Crippen LogP contribution in [-0.4, -0.2) is 35.1 Å². The van der Waals surface area contributed by atoms with E-state index in [0.29, 0.717) is 41.4 Å². The summed E-state index contributed by atoms with van der Waals surface area (Å²) in [5.74, 6) is -0.373. The van der Waals surface area contributed by atoms with Crippen molar-refractivity contribution in [3.8, 4) is 0 Å². The van der Waals surface area contributed by atoms with Gasteiger partial charge in [-0.2, -0.15) is 0 Å². The Morgan fingerprint density at radius 2 is 2.06 bits per heavy atom. The van der Waals surface area contributed by atoms with E-state index in [1.165, 1.54) is 12.1 Å². The van der Waals surface area contributed by atoms with Gasteiger partial charge in [0.25, 0.3) is 5.91 Å². The second kappa shape index (κ2) is 11.9. The van der Waals surface area contributed by atoms with E-state index < -0.39 is 11.9 Å². The molecule has 36 heavy (non-hydrogen) atoms. The summed E-state index contributed by atoms with van der Waals surface area (Å²) in [6, 6.07) is 9.35. The fourth-order valence-electron chi connectivity index (χ4n) is 4.01. The van der Waals surface area contributed by atoms with Gasteiger partial charge in [-0.3, -0.25) is 4.79 Å². The molecule has 2 heterocycles. The zero-order chi connectivity index (χ0) is 25.5. The van der Waals surface area contributed by atoms with Gasteiger partial charge in [-0.15, -0.1) is 0 Å². The van der Waals surface area contributed by atoms with E-state index in [-0.39, 0.29) is 17.0 Å². The number of nitrogens with zero attached hydrogens (tertiary/aromatic N) is 2. The van der Waals surface area contributed by atoms with Crippen molar-refractivity contribution >= 4 is 34.4 Å². The molecule has 1 fully saturated rings. The van der Waals surface area contributed by atoms with E-state index in [1.807, 2.05) is 31.2 Å². The van der Waals surface area contributed by atoms with Crippen LogP contribution in [0.2, 0.25) is 5.02 Å². The number of ether oxygens (including phenoxy) is 1. The minimum atomic E-state index is -0.634.